The third kappa shape index (κ3) is 2.61. The average Bonchev–Trinajstić information content (AvgIpc) is 2.90. The Balaban J connectivity index is 2.01. The zero-order valence-corrected chi connectivity index (χ0v) is 13.6. The third-order valence-corrected chi connectivity index (χ3v) is 5.40. The largest absolute Gasteiger partial charge is 0.305 e. The van der Waals surface area contributed by atoms with Gasteiger partial charge in [-0.05, 0) is 24.3 Å². The molecule has 0 unspecified atom stereocenters. The normalized spacial score (nSPS) is 12.2. The van der Waals surface area contributed by atoms with E-state index in [1.807, 2.05) is 16.7 Å². The van der Waals surface area contributed by atoms with Gasteiger partial charge < -0.3 is 4.40 Å². The predicted octanol–water partition coefficient (Wildman–Crippen LogP) is 2.91. The number of imidazole rings is 1. The first-order valence-electron chi connectivity index (χ1n) is 6.55. The van der Waals surface area contributed by atoms with Gasteiger partial charge in [0.2, 0.25) is 10.0 Å². The Hall–Kier alpha value is -1.89. The number of hydrogen-bond donors (Lipinski definition) is 0. The van der Waals surface area contributed by atoms with Crippen LogP contribution in [0, 0.1) is 0 Å². The number of fused-ring (bicyclic) bond motifs is 1. The molecule has 2 heterocycles. The lowest BCUT2D eigenvalue weighted by atomic mass is 10.2. The highest BCUT2D eigenvalue weighted by molar-refractivity contribution is 7.89. The Morgan fingerprint density at radius 2 is 1.73 bits per heavy atom. The maximum Gasteiger partial charge on any atom is 0.242 e. The standard InChI is InChI=1S/C15H14ClN3O2S/c1-18(2)22(20,21)13-6-3-11(4-7-13)14-10-19-9-12(16)5-8-15(19)17-14/h3-10H,1-2H3. The van der Waals surface area contributed by atoms with Gasteiger partial charge in [-0.15, -0.1) is 0 Å². The molecule has 3 rings (SSSR count). The minimum Gasteiger partial charge on any atom is -0.305 e. The van der Waals surface area contributed by atoms with Crippen LogP contribution >= 0.6 is 11.6 Å². The van der Waals surface area contributed by atoms with Gasteiger partial charge in [-0.1, -0.05) is 23.7 Å². The molecule has 0 saturated carbocycles. The smallest absolute Gasteiger partial charge is 0.242 e. The van der Waals surface area contributed by atoms with Gasteiger partial charge in [0.15, 0.2) is 0 Å². The van der Waals surface area contributed by atoms with Crippen LogP contribution in [0.15, 0.2) is 53.7 Å². The van der Waals surface area contributed by atoms with E-state index >= 15 is 0 Å². The lowest BCUT2D eigenvalue weighted by Crippen LogP contribution is -2.22. The molecule has 0 radical (unpaired) electrons. The van der Waals surface area contributed by atoms with Gasteiger partial charge in [-0.25, -0.2) is 17.7 Å². The van der Waals surface area contributed by atoms with E-state index < -0.39 is 10.0 Å². The number of sulfonamides is 1. The van der Waals surface area contributed by atoms with E-state index in [1.165, 1.54) is 18.4 Å². The van der Waals surface area contributed by atoms with E-state index in [-0.39, 0.29) is 4.90 Å². The van der Waals surface area contributed by atoms with Crippen LogP contribution in [0.5, 0.6) is 0 Å². The summed E-state index contributed by atoms with van der Waals surface area (Å²) in [5, 5.41) is 0.629. The first-order chi connectivity index (χ1) is 10.4. The topological polar surface area (TPSA) is 54.7 Å². The molecule has 0 fully saturated rings. The highest BCUT2D eigenvalue weighted by Gasteiger charge is 2.17. The van der Waals surface area contributed by atoms with Crippen molar-refractivity contribution >= 4 is 27.3 Å². The Morgan fingerprint density at radius 1 is 1.05 bits per heavy atom. The lowest BCUT2D eigenvalue weighted by molar-refractivity contribution is 0.521. The van der Waals surface area contributed by atoms with Crippen LogP contribution in [0.2, 0.25) is 5.02 Å². The van der Waals surface area contributed by atoms with Crippen molar-refractivity contribution in [3.8, 4) is 11.3 Å². The van der Waals surface area contributed by atoms with Crippen molar-refractivity contribution in [2.75, 3.05) is 14.1 Å². The highest BCUT2D eigenvalue weighted by atomic mass is 35.5. The summed E-state index contributed by atoms with van der Waals surface area (Å²) in [6, 6.07) is 10.3. The molecule has 0 N–H and O–H groups in total. The van der Waals surface area contributed by atoms with Crippen LogP contribution < -0.4 is 0 Å². The van der Waals surface area contributed by atoms with Crippen molar-refractivity contribution in [3.63, 3.8) is 0 Å². The first-order valence-corrected chi connectivity index (χ1v) is 8.37. The molecule has 3 aromatic rings. The number of benzene rings is 1. The van der Waals surface area contributed by atoms with Crippen LogP contribution in [-0.4, -0.2) is 36.2 Å². The second kappa shape index (κ2) is 5.39. The summed E-state index contributed by atoms with van der Waals surface area (Å²) in [5.41, 5.74) is 2.39. The van der Waals surface area contributed by atoms with Gasteiger partial charge in [-0.3, -0.25) is 0 Å². The molecule has 1 aromatic carbocycles. The zero-order valence-electron chi connectivity index (χ0n) is 12.1. The van der Waals surface area contributed by atoms with Gasteiger partial charge in [0.25, 0.3) is 0 Å². The SMILES string of the molecule is CN(C)S(=O)(=O)c1ccc(-c2cn3cc(Cl)ccc3n2)cc1. The third-order valence-electron chi connectivity index (χ3n) is 3.34. The van der Waals surface area contributed by atoms with E-state index in [2.05, 4.69) is 4.98 Å². The van der Waals surface area contributed by atoms with Crippen molar-refractivity contribution in [1.29, 1.82) is 0 Å². The number of hydrogen-bond acceptors (Lipinski definition) is 3. The number of halogens is 1. The quantitative estimate of drug-likeness (QED) is 0.739. The molecule has 5 nitrogen and oxygen atoms in total. The van der Waals surface area contributed by atoms with Gasteiger partial charge in [0.1, 0.15) is 5.65 Å². The minimum atomic E-state index is -3.42. The molecule has 0 atom stereocenters. The van der Waals surface area contributed by atoms with E-state index in [0.717, 1.165) is 16.9 Å². The molecule has 0 saturated heterocycles. The van der Waals surface area contributed by atoms with Crippen molar-refractivity contribution in [2.45, 2.75) is 4.90 Å². The van der Waals surface area contributed by atoms with Crippen LogP contribution in [0.3, 0.4) is 0 Å². The maximum absolute atomic E-state index is 12.0. The molecule has 0 amide bonds. The summed E-state index contributed by atoms with van der Waals surface area (Å²) in [6.45, 7) is 0. The van der Waals surface area contributed by atoms with E-state index in [0.29, 0.717) is 5.02 Å². The Labute approximate surface area is 133 Å². The average molecular weight is 336 g/mol. The molecule has 0 aliphatic heterocycles. The molecule has 7 heteroatoms. The van der Waals surface area contributed by atoms with Gasteiger partial charge >= 0.3 is 0 Å². The van der Waals surface area contributed by atoms with Crippen molar-refractivity contribution in [2.24, 2.45) is 0 Å². The lowest BCUT2D eigenvalue weighted by Gasteiger charge is -2.11. The molecule has 2 aromatic heterocycles. The molecular formula is C15H14ClN3O2S. The van der Waals surface area contributed by atoms with Crippen LogP contribution in [0.4, 0.5) is 0 Å². The molecule has 0 aliphatic carbocycles. The Bertz CT molecular complexity index is 931. The summed E-state index contributed by atoms with van der Waals surface area (Å²) >= 11 is 5.95. The van der Waals surface area contributed by atoms with Crippen LogP contribution in [-0.2, 0) is 10.0 Å². The van der Waals surface area contributed by atoms with Gasteiger partial charge in [0.05, 0.1) is 15.6 Å². The molecule has 0 bridgehead atoms. The van der Waals surface area contributed by atoms with Crippen molar-refractivity contribution < 1.29 is 8.42 Å². The number of rotatable bonds is 3. The van der Waals surface area contributed by atoms with Crippen LogP contribution in [0.25, 0.3) is 16.9 Å². The van der Waals surface area contributed by atoms with Crippen molar-refractivity contribution in [3.05, 3.63) is 53.8 Å². The highest BCUT2D eigenvalue weighted by Crippen LogP contribution is 2.23. The Morgan fingerprint density at radius 3 is 2.36 bits per heavy atom. The second-order valence-electron chi connectivity index (χ2n) is 5.05. The summed E-state index contributed by atoms with van der Waals surface area (Å²) in [5.74, 6) is 0. The fourth-order valence-corrected chi connectivity index (χ4v) is 3.18. The molecule has 0 spiro atoms. The van der Waals surface area contributed by atoms with Gasteiger partial charge in [-0.2, -0.15) is 0 Å². The molecule has 22 heavy (non-hydrogen) atoms. The predicted molar refractivity (Wildman–Crippen MR) is 86.5 cm³/mol. The number of nitrogens with zero attached hydrogens (tertiary/aromatic N) is 3. The minimum absolute atomic E-state index is 0.257. The molecule has 0 aliphatic rings. The monoisotopic (exact) mass is 335 g/mol. The summed E-state index contributed by atoms with van der Waals surface area (Å²) in [7, 11) is -0.398. The zero-order chi connectivity index (χ0) is 15.9. The first kappa shape index (κ1) is 15.0. The van der Waals surface area contributed by atoms with E-state index in [1.54, 1.807) is 36.5 Å². The van der Waals surface area contributed by atoms with E-state index in [9.17, 15) is 8.42 Å². The van der Waals surface area contributed by atoms with Crippen LogP contribution in [0.1, 0.15) is 0 Å². The number of aromatic nitrogens is 2. The summed E-state index contributed by atoms with van der Waals surface area (Å²) in [6.07, 6.45) is 3.63. The van der Waals surface area contributed by atoms with E-state index in [4.69, 9.17) is 11.6 Å². The van der Waals surface area contributed by atoms with Crippen molar-refractivity contribution in [1.82, 2.24) is 13.7 Å². The maximum atomic E-state index is 12.0. The van der Waals surface area contributed by atoms with Gasteiger partial charge in [0, 0.05) is 32.1 Å². The second-order valence-corrected chi connectivity index (χ2v) is 7.64. The number of pyridine rings is 1. The molecule has 114 valence electrons. The molecular weight excluding hydrogens is 322 g/mol. The fourth-order valence-electron chi connectivity index (χ4n) is 2.11. The fraction of sp³-hybridized carbons (Fsp3) is 0.133. The Kier molecular flexibility index (Phi) is 3.68. The summed E-state index contributed by atoms with van der Waals surface area (Å²) in [4.78, 5) is 4.75. The summed E-state index contributed by atoms with van der Waals surface area (Å²) < 4.78 is 27.1.